The average Bonchev–Trinajstić information content (AvgIpc) is 2.61. The number of carbonyl (C=O) groups excluding carboxylic acids is 2. The fourth-order valence-corrected chi connectivity index (χ4v) is 3.84. The first-order valence-corrected chi connectivity index (χ1v) is 9.99. The van der Waals surface area contributed by atoms with Crippen LogP contribution in [-0.2, 0) is 9.59 Å². The highest BCUT2D eigenvalue weighted by Crippen LogP contribution is 2.27. The van der Waals surface area contributed by atoms with Crippen LogP contribution in [0.2, 0.25) is 0 Å². The summed E-state index contributed by atoms with van der Waals surface area (Å²) in [6.45, 7) is 7.62. The van der Waals surface area contributed by atoms with Gasteiger partial charge in [-0.05, 0) is 68.3 Å². The Kier molecular flexibility index (Phi) is 5.99. The molecule has 28 heavy (non-hydrogen) atoms. The molecule has 0 aliphatic rings. The van der Waals surface area contributed by atoms with E-state index in [0.717, 1.165) is 27.1 Å². The molecule has 3 rings (SSSR count). The molecular weight excluding hydrogens is 370 g/mol. The Balaban J connectivity index is 1.65. The number of fused-ring (bicyclic) bond motifs is 1. The van der Waals surface area contributed by atoms with Gasteiger partial charge in [0.05, 0.1) is 11.3 Å². The number of nitrogens with zero attached hydrogens (tertiary/aromatic N) is 1. The van der Waals surface area contributed by atoms with E-state index in [2.05, 4.69) is 42.7 Å². The van der Waals surface area contributed by atoms with Crippen LogP contribution in [0, 0.1) is 20.8 Å². The molecule has 5 nitrogen and oxygen atoms in total. The maximum Gasteiger partial charge on any atom is 0.234 e. The maximum atomic E-state index is 12.3. The SMILES string of the molecule is CC(=O)Nc1ccc(NC(=O)CSc2nc3c(C)cc(C)cc3cc2C)cc1. The van der Waals surface area contributed by atoms with Crippen molar-refractivity contribution in [2.75, 3.05) is 16.4 Å². The molecule has 2 N–H and O–H groups in total. The molecule has 0 aliphatic heterocycles. The predicted octanol–water partition coefficient (Wildman–Crippen LogP) is 4.85. The summed E-state index contributed by atoms with van der Waals surface area (Å²) in [5.41, 5.74) is 5.79. The molecule has 3 aromatic rings. The van der Waals surface area contributed by atoms with Crippen molar-refractivity contribution in [3.8, 4) is 0 Å². The number of aryl methyl sites for hydroxylation is 3. The number of amides is 2. The van der Waals surface area contributed by atoms with Gasteiger partial charge in [0.2, 0.25) is 11.8 Å². The van der Waals surface area contributed by atoms with Crippen LogP contribution in [0.4, 0.5) is 11.4 Å². The third-order valence-electron chi connectivity index (χ3n) is 4.23. The molecule has 0 atom stereocenters. The van der Waals surface area contributed by atoms with Crippen molar-refractivity contribution in [2.45, 2.75) is 32.7 Å². The summed E-state index contributed by atoms with van der Waals surface area (Å²) in [6, 6.07) is 13.4. The van der Waals surface area contributed by atoms with Gasteiger partial charge in [-0.1, -0.05) is 23.4 Å². The molecule has 1 aromatic heterocycles. The molecule has 0 unspecified atom stereocenters. The van der Waals surface area contributed by atoms with Gasteiger partial charge in [-0.2, -0.15) is 0 Å². The lowest BCUT2D eigenvalue weighted by molar-refractivity contribution is -0.114. The number of aromatic nitrogens is 1. The van der Waals surface area contributed by atoms with Crippen LogP contribution in [0.3, 0.4) is 0 Å². The molecule has 6 heteroatoms. The lowest BCUT2D eigenvalue weighted by Gasteiger charge is -2.10. The Morgan fingerprint density at radius 1 is 0.929 bits per heavy atom. The van der Waals surface area contributed by atoms with Crippen LogP contribution in [-0.4, -0.2) is 22.6 Å². The molecule has 0 saturated heterocycles. The van der Waals surface area contributed by atoms with Gasteiger partial charge < -0.3 is 10.6 Å². The first-order valence-electron chi connectivity index (χ1n) is 9.01. The zero-order chi connectivity index (χ0) is 20.3. The average molecular weight is 394 g/mol. The highest BCUT2D eigenvalue weighted by atomic mass is 32.2. The number of carbonyl (C=O) groups is 2. The van der Waals surface area contributed by atoms with Crippen LogP contribution in [0.25, 0.3) is 10.9 Å². The van der Waals surface area contributed by atoms with Gasteiger partial charge in [0, 0.05) is 23.7 Å². The fraction of sp³-hybridized carbons (Fsp3) is 0.227. The normalized spacial score (nSPS) is 10.7. The quantitative estimate of drug-likeness (QED) is 0.608. The number of nitrogens with one attached hydrogen (secondary N) is 2. The minimum Gasteiger partial charge on any atom is -0.326 e. The van der Waals surface area contributed by atoms with E-state index in [0.29, 0.717) is 11.4 Å². The lowest BCUT2D eigenvalue weighted by atomic mass is 10.1. The summed E-state index contributed by atoms with van der Waals surface area (Å²) in [6.07, 6.45) is 0. The highest BCUT2D eigenvalue weighted by molar-refractivity contribution is 8.00. The number of rotatable bonds is 5. The summed E-state index contributed by atoms with van der Waals surface area (Å²) in [4.78, 5) is 28.1. The molecule has 0 radical (unpaired) electrons. The van der Waals surface area contributed by atoms with Crippen molar-refractivity contribution in [3.63, 3.8) is 0 Å². The van der Waals surface area contributed by atoms with Crippen molar-refractivity contribution in [1.82, 2.24) is 4.98 Å². The molecule has 0 bridgehead atoms. The molecule has 144 valence electrons. The maximum absolute atomic E-state index is 12.3. The first kappa shape index (κ1) is 19.9. The van der Waals surface area contributed by atoms with Crippen LogP contribution in [0.5, 0.6) is 0 Å². The van der Waals surface area contributed by atoms with E-state index in [1.807, 2.05) is 6.92 Å². The monoisotopic (exact) mass is 393 g/mol. The molecule has 0 saturated carbocycles. The molecular formula is C22H23N3O2S. The van der Waals surface area contributed by atoms with Gasteiger partial charge in [-0.3, -0.25) is 9.59 Å². The minimum atomic E-state index is -0.128. The van der Waals surface area contributed by atoms with E-state index in [-0.39, 0.29) is 17.6 Å². The number of hydrogen-bond donors (Lipinski definition) is 2. The second-order valence-electron chi connectivity index (χ2n) is 6.86. The Bertz CT molecular complexity index is 1050. The van der Waals surface area contributed by atoms with Crippen molar-refractivity contribution in [2.24, 2.45) is 0 Å². The molecule has 2 aromatic carbocycles. The van der Waals surface area contributed by atoms with Gasteiger partial charge in [0.1, 0.15) is 5.03 Å². The topological polar surface area (TPSA) is 71.1 Å². The van der Waals surface area contributed by atoms with Gasteiger partial charge in [0.15, 0.2) is 0 Å². The van der Waals surface area contributed by atoms with E-state index in [1.165, 1.54) is 24.2 Å². The Morgan fingerprint density at radius 2 is 1.57 bits per heavy atom. The molecule has 0 spiro atoms. The van der Waals surface area contributed by atoms with Crippen LogP contribution < -0.4 is 10.6 Å². The van der Waals surface area contributed by atoms with Crippen molar-refractivity contribution in [1.29, 1.82) is 0 Å². The van der Waals surface area contributed by atoms with E-state index in [1.54, 1.807) is 24.3 Å². The molecule has 1 heterocycles. The summed E-state index contributed by atoms with van der Waals surface area (Å²) in [5, 5.41) is 7.56. The summed E-state index contributed by atoms with van der Waals surface area (Å²) >= 11 is 1.43. The Morgan fingerprint density at radius 3 is 2.21 bits per heavy atom. The van der Waals surface area contributed by atoms with Crippen LogP contribution in [0.15, 0.2) is 47.5 Å². The fourth-order valence-electron chi connectivity index (χ4n) is 3.06. The second-order valence-corrected chi connectivity index (χ2v) is 7.82. The number of hydrogen-bond acceptors (Lipinski definition) is 4. The van der Waals surface area contributed by atoms with Crippen molar-refractivity contribution in [3.05, 3.63) is 59.2 Å². The number of pyridine rings is 1. The number of thioether (sulfide) groups is 1. The number of benzene rings is 2. The minimum absolute atomic E-state index is 0.0980. The lowest BCUT2D eigenvalue weighted by Crippen LogP contribution is -2.14. The van der Waals surface area contributed by atoms with Gasteiger partial charge >= 0.3 is 0 Å². The van der Waals surface area contributed by atoms with E-state index in [9.17, 15) is 9.59 Å². The van der Waals surface area contributed by atoms with E-state index >= 15 is 0 Å². The van der Waals surface area contributed by atoms with Crippen molar-refractivity contribution < 1.29 is 9.59 Å². The summed E-state index contributed by atoms with van der Waals surface area (Å²) in [7, 11) is 0. The van der Waals surface area contributed by atoms with E-state index < -0.39 is 0 Å². The molecule has 0 aliphatic carbocycles. The third kappa shape index (κ3) is 4.89. The van der Waals surface area contributed by atoms with Gasteiger partial charge in [0.25, 0.3) is 0 Å². The first-order chi connectivity index (χ1) is 13.3. The Labute approximate surface area is 168 Å². The summed E-state index contributed by atoms with van der Waals surface area (Å²) in [5.74, 6) is 0.0496. The largest absolute Gasteiger partial charge is 0.326 e. The highest BCUT2D eigenvalue weighted by Gasteiger charge is 2.10. The summed E-state index contributed by atoms with van der Waals surface area (Å²) < 4.78 is 0. The van der Waals surface area contributed by atoms with Crippen LogP contribution >= 0.6 is 11.8 Å². The second kappa shape index (κ2) is 8.44. The zero-order valence-corrected chi connectivity index (χ0v) is 17.2. The third-order valence-corrected chi connectivity index (χ3v) is 5.32. The predicted molar refractivity (Wildman–Crippen MR) is 116 cm³/mol. The van der Waals surface area contributed by atoms with Crippen LogP contribution in [0.1, 0.15) is 23.6 Å². The van der Waals surface area contributed by atoms with E-state index in [4.69, 9.17) is 4.98 Å². The Hall–Kier alpha value is -2.86. The number of anilines is 2. The molecule has 0 fully saturated rings. The van der Waals surface area contributed by atoms with Crippen molar-refractivity contribution >= 4 is 45.9 Å². The van der Waals surface area contributed by atoms with Gasteiger partial charge in [-0.25, -0.2) is 4.98 Å². The van der Waals surface area contributed by atoms with Gasteiger partial charge in [-0.15, -0.1) is 0 Å². The molecule has 2 amide bonds. The smallest absolute Gasteiger partial charge is 0.234 e. The standard InChI is InChI=1S/C22H23N3O2S/c1-13-9-14(2)21-17(10-13)11-15(3)22(25-21)28-12-20(27)24-19-7-5-18(6-8-19)23-16(4)26/h5-11H,12H2,1-4H3,(H,23,26)(H,24,27). The zero-order valence-electron chi connectivity index (χ0n) is 16.4.